The third-order valence-corrected chi connectivity index (χ3v) is 3.71. The third kappa shape index (κ3) is 2.63. The fraction of sp³-hybridized carbons (Fsp3) is 0. The molecule has 4 aromatic rings. The highest BCUT2D eigenvalue weighted by atomic mass is 35.5. The average molecular weight is 339 g/mol. The molecule has 0 radical (unpaired) electrons. The van der Waals surface area contributed by atoms with Crippen molar-refractivity contribution >= 4 is 34.3 Å². The van der Waals surface area contributed by atoms with Crippen LogP contribution in [0.2, 0.25) is 5.02 Å². The molecule has 6 nitrogen and oxygen atoms in total. The van der Waals surface area contributed by atoms with Crippen LogP contribution in [0.25, 0.3) is 16.7 Å². The van der Waals surface area contributed by atoms with Gasteiger partial charge in [-0.2, -0.15) is 10.1 Å². The van der Waals surface area contributed by atoms with E-state index in [1.165, 1.54) is 6.20 Å². The molecule has 0 saturated carbocycles. The summed E-state index contributed by atoms with van der Waals surface area (Å²) in [6, 6.07) is 16.5. The fourth-order valence-electron chi connectivity index (χ4n) is 2.32. The van der Waals surface area contributed by atoms with Crippen molar-refractivity contribution in [3.63, 3.8) is 0 Å². The molecule has 0 aliphatic heterocycles. The fourth-order valence-corrected chi connectivity index (χ4v) is 2.45. The highest BCUT2D eigenvalue weighted by Crippen LogP contribution is 2.20. The Morgan fingerprint density at radius 3 is 2.54 bits per heavy atom. The summed E-state index contributed by atoms with van der Waals surface area (Å²) in [7, 11) is 0. The predicted octanol–water partition coefficient (Wildman–Crippen LogP) is 3.77. The van der Waals surface area contributed by atoms with Crippen molar-refractivity contribution in [2.75, 3.05) is 5.32 Å². The lowest BCUT2D eigenvalue weighted by molar-refractivity contribution is 0.521. The normalized spacial score (nSPS) is 10.9. The molecule has 118 valence electrons. The Labute approximate surface area is 141 Å². The maximum absolute atomic E-state index is 12.2. The summed E-state index contributed by atoms with van der Waals surface area (Å²) in [5.74, 6) is 0. The zero-order valence-electron chi connectivity index (χ0n) is 12.3. The maximum atomic E-state index is 12.2. The number of fused-ring (bicyclic) bond motifs is 1. The van der Waals surface area contributed by atoms with Crippen LogP contribution in [-0.2, 0) is 0 Å². The lowest BCUT2D eigenvalue weighted by Gasteiger charge is -2.05. The first-order valence-electron chi connectivity index (χ1n) is 7.17. The summed E-state index contributed by atoms with van der Waals surface area (Å²) >= 11 is 5.86. The van der Waals surface area contributed by atoms with E-state index in [0.29, 0.717) is 21.7 Å². The second-order valence-corrected chi connectivity index (χ2v) is 5.50. The van der Waals surface area contributed by atoms with Gasteiger partial charge in [0.05, 0.1) is 11.9 Å². The first kappa shape index (κ1) is 14.5. The molecule has 2 heterocycles. The Morgan fingerprint density at radius 2 is 1.79 bits per heavy atom. The molecule has 0 amide bonds. The molecule has 0 fully saturated rings. The Morgan fingerprint density at radius 1 is 1.04 bits per heavy atom. The number of benzene rings is 2. The molecule has 7 heteroatoms. The van der Waals surface area contributed by atoms with E-state index < -0.39 is 5.63 Å². The van der Waals surface area contributed by atoms with Gasteiger partial charge in [-0.15, -0.1) is 0 Å². The number of nitrogens with one attached hydrogen (secondary N) is 1. The second kappa shape index (κ2) is 5.82. The first-order chi connectivity index (χ1) is 11.7. The van der Waals surface area contributed by atoms with Gasteiger partial charge in [0.2, 0.25) is 0 Å². The number of para-hydroxylation sites is 1. The van der Waals surface area contributed by atoms with E-state index >= 15 is 0 Å². The molecule has 2 aromatic heterocycles. The van der Waals surface area contributed by atoms with E-state index in [4.69, 9.17) is 16.0 Å². The lowest BCUT2D eigenvalue weighted by atomic mass is 10.3. The summed E-state index contributed by atoms with van der Waals surface area (Å²) in [6.45, 7) is 0. The van der Waals surface area contributed by atoms with Crippen molar-refractivity contribution in [1.29, 1.82) is 0 Å². The van der Waals surface area contributed by atoms with Crippen LogP contribution in [0.1, 0.15) is 0 Å². The van der Waals surface area contributed by atoms with Gasteiger partial charge in [0.1, 0.15) is 5.39 Å². The van der Waals surface area contributed by atoms with Gasteiger partial charge in [0, 0.05) is 10.7 Å². The van der Waals surface area contributed by atoms with Crippen molar-refractivity contribution in [3.05, 3.63) is 76.2 Å². The van der Waals surface area contributed by atoms with Gasteiger partial charge >= 0.3 is 11.6 Å². The topological polar surface area (TPSA) is 73.0 Å². The van der Waals surface area contributed by atoms with Crippen LogP contribution < -0.4 is 10.9 Å². The van der Waals surface area contributed by atoms with Gasteiger partial charge in [-0.05, 0) is 36.4 Å². The monoisotopic (exact) mass is 338 g/mol. The standard InChI is InChI=1S/C17H11ClN4O2/c18-11-6-8-12(9-7-11)20-17-21-15-14(16(23)24-17)10-19-22(15)13-4-2-1-3-5-13/h1-10H,(H,20,21). The van der Waals surface area contributed by atoms with Gasteiger partial charge < -0.3 is 9.73 Å². The van der Waals surface area contributed by atoms with Crippen LogP contribution >= 0.6 is 11.6 Å². The number of rotatable bonds is 3. The highest BCUT2D eigenvalue weighted by molar-refractivity contribution is 6.30. The number of anilines is 2. The molecule has 0 unspecified atom stereocenters. The predicted molar refractivity (Wildman–Crippen MR) is 92.1 cm³/mol. The average Bonchev–Trinajstić information content (AvgIpc) is 3.02. The summed E-state index contributed by atoms with van der Waals surface area (Å²) in [4.78, 5) is 16.5. The van der Waals surface area contributed by atoms with E-state index in [1.807, 2.05) is 30.3 Å². The van der Waals surface area contributed by atoms with Crippen molar-refractivity contribution in [2.24, 2.45) is 0 Å². The molecule has 0 aliphatic rings. The smallest absolute Gasteiger partial charge is 0.351 e. The summed E-state index contributed by atoms with van der Waals surface area (Å²) in [5.41, 5.74) is 1.44. The zero-order chi connectivity index (χ0) is 16.5. The second-order valence-electron chi connectivity index (χ2n) is 5.07. The molecule has 0 aliphatic carbocycles. The van der Waals surface area contributed by atoms with Crippen LogP contribution in [0.15, 0.2) is 70.0 Å². The van der Waals surface area contributed by atoms with Crippen molar-refractivity contribution < 1.29 is 4.42 Å². The molecule has 1 N–H and O–H groups in total. The molecular weight excluding hydrogens is 328 g/mol. The summed E-state index contributed by atoms with van der Waals surface area (Å²) in [5, 5.41) is 8.13. The Hall–Kier alpha value is -3.12. The Kier molecular flexibility index (Phi) is 3.51. The molecule has 0 spiro atoms. The van der Waals surface area contributed by atoms with Crippen LogP contribution in [0.5, 0.6) is 0 Å². The minimum absolute atomic E-state index is 0.0903. The van der Waals surface area contributed by atoms with E-state index in [1.54, 1.807) is 28.9 Å². The van der Waals surface area contributed by atoms with Gasteiger partial charge in [-0.3, -0.25) is 0 Å². The van der Waals surface area contributed by atoms with Crippen molar-refractivity contribution in [3.8, 4) is 5.69 Å². The number of nitrogens with zero attached hydrogens (tertiary/aromatic N) is 3. The van der Waals surface area contributed by atoms with Crippen LogP contribution in [0.4, 0.5) is 11.7 Å². The largest absolute Gasteiger partial charge is 0.388 e. The van der Waals surface area contributed by atoms with E-state index in [2.05, 4.69) is 15.4 Å². The summed E-state index contributed by atoms with van der Waals surface area (Å²) in [6.07, 6.45) is 1.45. The lowest BCUT2D eigenvalue weighted by Crippen LogP contribution is -2.06. The Balaban J connectivity index is 1.81. The minimum Gasteiger partial charge on any atom is -0.388 e. The number of hydrogen-bond donors (Lipinski definition) is 1. The zero-order valence-corrected chi connectivity index (χ0v) is 13.1. The number of halogens is 1. The van der Waals surface area contributed by atoms with E-state index in [9.17, 15) is 4.79 Å². The van der Waals surface area contributed by atoms with Crippen LogP contribution in [-0.4, -0.2) is 14.8 Å². The van der Waals surface area contributed by atoms with Crippen LogP contribution in [0.3, 0.4) is 0 Å². The first-order valence-corrected chi connectivity index (χ1v) is 7.55. The molecular formula is C17H11ClN4O2. The maximum Gasteiger partial charge on any atom is 0.351 e. The van der Waals surface area contributed by atoms with Crippen molar-refractivity contribution in [2.45, 2.75) is 0 Å². The summed E-state index contributed by atoms with van der Waals surface area (Å²) < 4.78 is 6.81. The minimum atomic E-state index is -0.501. The van der Waals surface area contributed by atoms with Gasteiger partial charge in [-0.1, -0.05) is 29.8 Å². The van der Waals surface area contributed by atoms with Crippen LogP contribution in [0, 0.1) is 0 Å². The highest BCUT2D eigenvalue weighted by Gasteiger charge is 2.13. The number of hydrogen-bond acceptors (Lipinski definition) is 5. The van der Waals surface area contributed by atoms with Gasteiger partial charge in [-0.25, -0.2) is 9.48 Å². The molecule has 4 rings (SSSR count). The Bertz CT molecular complexity index is 1060. The van der Waals surface area contributed by atoms with E-state index in [-0.39, 0.29) is 6.01 Å². The molecule has 24 heavy (non-hydrogen) atoms. The molecule has 0 saturated heterocycles. The molecule has 0 atom stereocenters. The van der Waals surface area contributed by atoms with Crippen molar-refractivity contribution in [1.82, 2.24) is 14.8 Å². The number of aromatic nitrogens is 3. The molecule has 2 aromatic carbocycles. The van der Waals surface area contributed by atoms with E-state index in [0.717, 1.165) is 5.69 Å². The molecule has 0 bridgehead atoms. The SMILES string of the molecule is O=c1oc(Nc2ccc(Cl)cc2)nc2c1cnn2-c1ccccc1. The van der Waals surface area contributed by atoms with Gasteiger partial charge in [0.15, 0.2) is 5.65 Å². The third-order valence-electron chi connectivity index (χ3n) is 3.46. The van der Waals surface area contributed by atoms with Gasteiger partial charge in [0.25, 0.3) is 0 Å². The quantitative estimate of drug-likeness (QED) is 0.615.